The average Bonchev–Trinajstić information content (AvgIpc) is 2.69. The van der Waals surface area contributed by atoms with Crippen LogP contribution in [0.15, 0.2) is 48.1 Å². The van der Waals surface area contributed by atoms with E-state index in [1.165, 1.54) is 0 Å². The first-order valence-electron chi connectivity index (χ1n) is 5.22. The smallest absolute Gasteiger partial charge is 0.149 e. The number of para-hydroxylation sites is 1. The van der Waals surface area contributed by atoms with Crippen LogP contribution in [0.2, 0.25) is 0 Å². The fourth-order valence-corrected chi connectivity index (χ4v) is 2.75. The SMILES string of the molecule is C=C1NC=Nc2c1c(I)cn2-c1ccccc1. The quantitative estimate of drug-likeness (QED) is 0.796. The molecule has 0 saturated carbocycles. The van der Waals surface area contributed by atoms with E-state index in [-0.39, 0.29) is 0 Å². The van der Waals surface area contributed by atoms with Crippen LogP contribution in [0.5, 0.6) is 0 Å². The van der Waals surface area contributed by atoms with Gasteiger partial charge in [-0.2, -0.15) is 0 Å². The Morgan fingerprint density at radius 2 is 2.00 bits per heavy atom. The van der Waals surface area contributed by atoms with Crippen molar-refractivity contribution in [1.82, 2.24) is 9.88 Å². The summed E-state index contributed by atoms with van der Waals surface area (Å²) in [5.41, 5.74) is 3.09. The molecule has 17 heavy (non-hydrogen) atoms. The van der Waals surface area contributed by atoms with Crippen molar-refractivity contribution in [2.24, 2.45) is 4.99 Å². The minimum atomic E-state index is 0.897. The summed E-state index contributed by atoms with van der Waals surface area (Å²) in [5.74, 6) is 0.935. The molecule has 0 fully saturated rings. The molecule has 0 radical (unpaired) electrons. The van der Waals surface area contributed by atoms with Crippen LogP contribution in [0, 0.1) is 3.57 Å². The molecule has 1 aromatic carbocycles. The van der Waals surface area contributed by atoms with Gasteiger partial charge in [-0.3, -0.25) is 0 Å². The van der Waals surface area contributed by atoms with E-state index in [9.17, 15) is 0 Å². The number of nitrogens with zero attached hydrogens (tertiary/aromatic N) is 2. The molecule has 4 heteroatoms. The molecule has 0 bridgehead atoms. The first kappa shape index (κ1) is 10.6. The van der Waals surface area contributed by atoms with Gasteiger partial charge in [0.15, 0.2) is 0 Å². The molecular formula is C13H10IN3. The minimum absolute atomic E-state index is 0.897. The number of halogens is 1. The topological polar surface area (TPSA) is 29.3 Å². The molecule has 1 N–H and O–H groups in total. The van der Waals surface area contributed by atoms with Gasteiger partial charge in [-0.25, -0.2) is 4.99 Å². The van der Waals surface area contributed by atoms with E-state index in [1.807, 2.05) is 18.2 Å². The van der Waals surface area contributed by atoms with Crippen molar-refractivity contribution in [1.29, 1.82) is 0 Å². The highest BCUT2D eigenvalue weighted by Crippen LogP contribution is 2.34. The third kappa shape index (κ3) is 1.68. The third-order valence-corrected chi connectivity index (χ3v) is 3.51. The molecule has 1 aliphatic heterocycles. The first-order chi connectivity index (χ1) is 8.27. The van der Waals surface area contributed by atoms with Crippen molar-refractivity contribution in [3.63, 3.8) is 0 Å². The maximum atomic E-state index is 4.40. The number of hydrogen-bond donors (Lipinski definition) is 1. The summed E-state index contributed by atoms with van der Waals surface area (Å²) in [7, 11) is 0. The van der Waals surface area contributed by atoms with Gasteiger partial charge in [0.1, 0.15) is 5.82 Å². The number of rotatable bonds is 1. The van der Waals surface area contributed by atoms with E-state index in [2.05, 4.69) is 62.4 Å². The molecule has 2 aromatic rings. The lowest BCUT2D eigenvalue weighted by molar-refractivity contribution is 1.06. The van der Waals surface area contributed by atoms with E-state index in [0.717, 1.165) is 26.3 Å². The van der Waals surface area contributed by atoms with Gasteiger partial charge in [0.25, 0.3) is 0 Å². The van der Waals surface area contributed by atoms with Crippen molar-refractivity contribution < 1.29 is 0 Å². The molecule has 0 atom stereocenters. The molecular weight excluding hydrogens is 325 g/mol. The van der Waals surface area contributed by atoms with Crippen LogP contribution in [0.25, 0.3) is 11.4 Å². The van der Waals surface area contributed by atoms with Crippen molar-refractivity contribution >= 4 is 40.4 Å². The Labute approximate surface area is 113 Å². The highest BCUT2D eigenvalue weighted by molar-refractivity contribution is 14.1. The second-order valence-electron chi connectivity index (χ2n) is 3.76. The summed E-state index contributed by atoms with van der Waals surface area (Å²) < 4.78 is 3.23. The molecule has 2 heterocycles. The van der Waals surface area contributed by atoms with Crippen molar-refractivity contribution in [3.05, 3.63) is 52.2 Å². The average molecular weight is 335 g/mol. The van der Waals surface area contributed by atoms with Crippen LogP contribution in [0.4, 0.5) is 5.82 Å². The van der Waals surface area contributed by atoms with Gasteiger partial charge < -0.3 is 9.88 Å². The first-order valence-corrected chi connectivity index (χ1v) is 6.30. The van der Waals surface area contributed by atoms with E-state index >= 15 is 0 Å². The van der Waals surface area contributed by atoms with Crippen molar-refractivity contribution in [3.8, 4) is 5.69 Å². The summed E-state index contributed by atoms with van der Waals surface area (Å²) in [6, 6.07) is 10.2. The zero-order valence-corrected chi connectivity index (χ0v) is 11.2. The molecule has 3 rings (SSSR count). The summed E-state index contributed by atoms with van der Waals surface area (Å²) in [5, 5.41) is 3.04. The third-order valence-electron chi connectivity index (χ3n) is 2.69. The van der Waals surface area contributed by atoms with Gasteiger partial charge in [0.05, 0.1) is 11.9 Å². The van der Waals surface area contributed by atoms with Gasteiger partial charge in [0.2, 0.25) is 0 Å². The number of aliphatic imine (C=N–C) groups is 1. The number of benzene rings is 1. The molecule has 0 saturated heterocycles. The van der Waals surface area contributed by atoms with Gasteiger partial charge in [0, 0.05) is 21.2 Å². The molecule has 1 aliphatic rings. The fourth-order valence-electron chi connectivity index (χ4n) is 1.90. The van der Waals surface area contributed by atoms with E-state index in [4.69, 9.17) is 0 Å². The van der Waals surface area contributed by atoms with Crippen LogP contribution in [0.3, 0.4) is 0 Å². The largest absolute Gasteiger partial charge is 0.346 e. The lowest BCUT2D eigenvalue weighted by atomic mass is 10.2. The van der Waals surface area contributed by atoms with Gasteiger partial charge in [-0.1, -0.05) is 24.8 Å². The molecule has 0 aliphatic carbocycles. The molecule has 0 spiro atoms. The van der Waals surface area contributed by atoms with Crippen LogP contribution < -0.4 is 5.32 Å². The lowest BCUT2D eigenvalue weighted by Gasteiger charge is -2.13. The molecule has 3 nitrogen and oxygen atoms in total. The van der Waals surface area contributed by atoms with E-state index in [0.29, 0.717) is 0 Å². The maximum Gasteiger partial charge on any atom is 0.149 e. The zero-order valence-electron chi connectivity index (χ0n) is 9.02. The Bertz CT molecular complexity index is 611. The van der Waals surface area contributed by atoms with Gasteiger partial charge in [-0.15, -0.1) is 0 Å². The normalized spacial score (nSPS) is 13.4. The zero-order chi connectivity index (χ0) is 11.8. The fraction of sp³-hybridized carbons (Fsp3) is 0. The summed E-state index contributed by atoms with van der Waals surface area (Å²) >= 11 is 2.31. The Kier molecular flexibility index (Phi) is 2.51. The minimum Gasteiger partial charge on any atom is -0.346 e. The predicted octanol–water partition coefficient (Wildman–Crippen LogP) is 3.32. The molecule has 0 unspecified atom stereocenters. The molecule has 0 amide bonds. The van der Waals surface area contributed by atoms with Crippen LogP contribution in [0.1, 0.15) is 5.56 Å². The number of fused-ring (bicyclic) bond motifs is 1. The number of nitrogens with one attached hydrogen (secondary N) is 1. The van der Waals surface area contributed by atoms with Crippen LogP contribution in [-0.2, 0) is 0 Å². The molecule has 1 aromatic heterocycles. The second-order valence-corrected chi connectivity index (χ2v) is 4.92. The summed E-state index contributed by atoms with van der Waals surface area (Å²) in [6.07, 6.45) is 3.76. The van der Waals surface area contributed by atoms with Gasteiger partial charge in [-0.05, 0) is 34.7 Å². The van der Waals surface area contributed by atoms with Gasteiger partial charge >= 0.3 is 0 Å². The van der Waals surface area contributed by atoms with Crippen LogP contribution in [-0.4, -0.2) is 10.9 Å². The Balaban J connectivity index is 2.25. The van der Waals surface area contributed by atoms with Crippen molar-refractivity contribution in [2.45, 2.75) is 0 Å². The maximum absolute atomic E-state index is 4.40. The monoisotopic (exact) mass is 335 g/mol. The van der Waals surface area contributed by atoms with E-state index in [1.54, 1.807) is 6.34 Å². The Hall–Kier alpha value is -1.56. The standard InChI is InChI=1S/C13H10IN3/c1-9-12-11(14)7-17(13(12)16-8-15-9)10-5-3-2-4-6-10/h2-8H,1H2,(H,15,16). The van der Waals surface area contributed by atoms with Crippen molar-refractivity contribution in [2.75, 3.05) is 0 Å². The number of aromatic nitrogens is 1. The van der Waals surface area contributed by atoms with Crippen LogP contribution >= 0.6 is 22.6 Å². The highest BCUT2D eigenvalue weighted by atomic mass is 127. The number of hydrogen-bond acceptors (Lipinski definition) is 2. The van der Waals surface area contributed by atoms with E-state index < -0.39 is 0 Å². The second kappa shape index (κ2) is 4.03. The summed E-state index contributed by atoms with van der Waals surface area (Å²) in [4.78, 5) is 4.40. The predicted molar refractivity (Wildman–Crippen MR) is 78.8 cm³/mol. The molecule has 84 valence electrons. The highest BCUT2D eigenvalue weighted by Gasteiger charge is 2.19. The lowest BCUT2D eigenvalue weighted by Crippen LogP contribution is -2.12. The Morgan fingerprint density at radius 1 is 1.24 bits per heavy atom. The summed E-state index contributed by atoms with van der Waals surface area (Å²) in [6.45, 7) is 4.00. The Morgan fingerprint density at radius 3 is 2.76 bits per heavy atom.